The number of fused-ring (bicyclic) bond motifs is 1. The van der Waals surface area contributed by atoms with Crippen molar-refractivity contribution in [2.24, 2.45) is 5.10 Å². The molecular weight excluding hydrogens is 200 g/mol. The number of hydrogen-bond acceptors (Lipinski definition) is 3. The fraction of sp³-hybridized carbons (Fsp3) is 0.583. The summed E-state index contributed by atoms with van der Waals surface area (Å²) in [5, 5.41) is 7.01. The van der Waals surface area contributed by atoms with Crippen LogP contribution in [0.5, 0.6) is 0 Å². The van der Waals surface area contributed by atoms with Crippen LogP contribution in [-0.4, -0.2) is 53.4 Å². The van der Waals surface area contributed by atoms with E-state index < -0.39 is 0 Å². The minimum atomic E-state index is 1.06. The van der Waals surface area contributed by atoms with E-state index in [2.05, 4.69) is 39.9 Å². The molecule has 2 aliphatic heterocycles. The van der Waals surface area contributed by atoms with E-state index in [0.29, 0.717) is 0 Å². The van der Waals surface area contributed by atoms with E-state index in [1.807, 2.05) is 0 Å². The minimum absolute atomic E-state index is 1.06. The van der Waals surface area contributed by atoms with E-state index in [9.17, 15) is 0 Å². The number of nitrogens with zero attached hydrogens (tertiary/aromatic N) is 4. The first-order valence-electron chi connectivity index (χ1n) is 5.99. The van der Waals surface area contributed by atoms with Crippen molar-refractivity contribution < 1.29 is 0 Å². The number of hydrazone groups is 1. The van der Waals surface area contributed by atoms with Gasteiger partial charge in [-0.05, 0) is 19.2 Å². The smallest absolute Gasteiger partial charge is 0.0859 e. The van der Waals surface area contributed by atoms with Gasteiger partial charge in [0, 0.05) is 45.3 Å². The van der Waals surface area contributed by atoms with Gasteiger partial charge in [0.15, 0.2) is 0 Å². The van der Waals surface area contributed by atoms with Gasteiger partial charge in [0.25, 0.3) is 0 Å². The summed E-state index contributed by atoms with van der Waals surface area (Å²) in [6, 6.07) is 4.27. The van der Waals surface area contributed by atoms with Gasteiger partial charge in [0.1, 0.15) is 0 Å². The molecule has 1 aromatic rings. The van der Waals surface area contributed by atoms with E-state index >= 15 is 0 Å². The summed E-state index contributed by atoms with van der Waals surface area (Å²) in [5.74, 6) is 0. The predicted octanol–water partition coefficient (Wildman–Crippen LogP) is 0.843. The van der Waals surface area contributed by atoms with Crippen LogP contribution in [0.4, 0.5) is 0 Å². The third-order valence-corrected chi connectivity index (χ3v) is 3.46. The van der Waals surface area contributed by atoms with Gasteiger partial charge in [0.2, 0.25) is 0 Å². The highest BCUT2D eigenvalue weighted by atomic mass is 15.5. The van der Waals surface area contributed by atoms with Crippen molar-refractivity contribution in [3.8, 4) is 0 Å². The normalized spacial score (nSPS) is 24.1. The van der Waals surface area contributed by atoms with Crippen LogP contribution in [0.25, 0.3) is 0 Å². The molecule has 1 fully saturated rings. The number of aromatic nitrogens is 1. The molecule has 3 rings (SSSR count). The Bertz CT molecular complexity index is 399. The maximum absolute atomic E-state index is 4.79. The van der Waals surface area contributed by atoms with Gasteiger partial charge in [-0.3, -0.25) is 5.01 Å². The quantitative estimate of drug-likeness (QED) is 0.697. The molecule has 0 amide bonds. The van der Waals surface area contributed by atoms with Crippen molar-refractivity contribution in [2.45, 2.75) is 13.0 Å². The van der Waals surface area contributed by atoms with Crippen LogP contribution in [0.2, 0.25) is 0 Å². The zero-order valence-corrected chi connectivity index (χ0v) is 9.76. The maximum Gasteiger partial charge on any atom is 0.0859 e. The van der Waals surface area contributed by atoms with Gasteiger partial charge in [-0.25, -0.2) is 0 Å². The average molecular weight is 218 g/mol. The van der Waals surface area contributed by atoms with Crippen LogP contribution in [0.3, 0.4) is 0 Å². The highest BCUT2D eigenvalue weighted by Gasteiger charge is 2.19. The number of likely N-dealkylation sites (N-methyl/N-ethyl adjacent to an activating group) is 1. The number of aryl methyl sites for hydroxylation is 1. The highest BCUT2D eigenvalue weighted by Crippen LogP contribution is 2.17. The summed E-state index contributed by atoms with van der Waals surface area (Å²) in [7, 11) is 2.17. The van der Waals surface area contributed by atoms with Crippen LogP contribution in [0.1, 0.15) is 12.1 Å². The second-order valence-corrected chi connectivity index (χ2v) is 4.64. The fourth-order valence-electron chi connectivity index (χ4n) is 2.39. The molecule has 1 aromatic heterocycles. The lowest BCUT2D eigenvalue weighted by Gasteiger charge is -2.30. The first-order chi connectivity index (χ1) is 7.83. The van der Waals surface area contributed by atoms with Crippen molar-refractivity contribution in [3.05, 3.63) is 24.0 Å². The molecule has 4 heteroatoms. The molecule has 0 atom stereocenters. The van der Waals surface area contributed by atoms with E-state index in [1.54, 1.807) is 0 Å². The minimum Gasteiger partial charge on any atom is -0.346 e. The summed E-state index contributed by atoms with van der Waals surface area (Å²) in [4.78, 5) is 2.36. The van der Waals surface area contributed by atoms with Gasteiger partial charge in [0.05, 0.1) is 11.4 Å². The SMILES string of the molecule is CN1CCN(/N=C2/CCn3cccc32)CC1. The van der Waals surface area contributed by atoms with Gasteiger partial charge in [-0.1, -0.05) is 0 Å². The number of piperazine rings is 1. The summed E-state index contributed by atoms with van der Waals surface area (Å²) >= 11 is 0. The molecule has 0 aliphatic carbocycles. The lowest BCUT2D eigenvalue weighted by Crippen LogP contribution is -2.42. The first kappa shape index (κ1) is 9.90. The Morgan fingerprint density at radius 2 is 1.94 bits per heavy atom. The zero-order chi connectivity index (χ0) is 11.0. The van der Waals surface area contributed by atoms with Crippen LogP contribution >= 0.6 is 0 Å². The van der Waals surface area contributed by atoms with Gasteiger partial charge < -0.3 is 9.47 Å². The molecule has 16 heavy (non-hydrogen) atoms. The van der Waals surface area contributed by atoms with E-state index in [1.165, 1.54) is 11.4 Å². The summed E-state index contributed by atoms with van der Waals surface area (Å²) in [6.07, 6.45) is 3.23. The molecule has 0 saturated carbocycles. The fourth-order valence-corrected chi connectivity index (χ4v) is 2.39. The van der Waals surface area contributed by atoms with Gasteiger partial charge in [-0.15, -0.1) is 0 Å². The summed E-state index contributed by atoms with van der Waals surface area (Å²) < 4.78 is 2.29. The van der Waals surface area contributed by atoms with Crippen molar-refractivity contribution in [1.29, 1.82) is 0 Å². The van der Waals surface area contributed by atoms with E-state index in [-0.39, 0.29) is 0 Å². The standard InChI is InChI=1S/C12H18N4/c1-14-7-9-16(10-8-14)13-11-4-6-15-5-2-3-12(11)15/h2-3,5H,4,6-10H2,1H3/b13-11-. The predicted molar refractivity (Wildman–Crippen MR) is 64.7 cm³/mol. The van der Waals surface area contributed by atoms with Crippen LogP contribution in [-0.2, 0) is 6.54 Å². The number of hydrogen-bond donors (Lipinski definition) is 0. The summed E-state index contributed by atoms with van der Waals surface area (Å²) in [6.45, 7) is 5.45. The Morgan fingerprint density at radius 3 is 2.75 bits per heavy atom. The molecule has 0 radical (unpaired) electrons. The second-order valence-electron chi connectivity index (χ2n) is 4.64. The zero-order valence-electron chi connectivity index (χ0n) is 9.76. The topological polar surface area (TPSA) is 23.8 Å². The molecule has 86 valence electrons. The lowest BCUT2D eigenvalue weighted by molar-refractivity contribution is 0.159. The van der Waals surface area contributed by atoms with E-state index in [0.717, 1.165) is 39.1 Å². The van der Waals surface area contributed by atoms with Crippen LogP contribution < -0.4 is 0 Å². The third kappa shape index (κ3) is 1.73. The molecule has 1 saturated heterocycles. The van der Waals surface area contributed by atoms with Gasteiger partial charge in [-0.2, -0.15) is 5.10 Å². The Kier molecular flexibility index (Phi) is 2.44. The maximum atomic E-state index is 4.79. The Hall–Kier alpha value is -1.29. The van der Waals surface area contributed by atoms with Crippen molar-refractivity contribution >= 4 is 5.71 Å². The largest absolute Gasteiger partial charge is 0.346 e. The van der Waals surface area contributed by atoms with Gasteiger partial charge >= 0.3 is 0 Å². The molecule has 0 aromatic carbocycles. The van der Waals surface area contributed by atoms with Crippen molar-refractivity contribution in [1.82, 2.24) is 14.5 Å². The molecule has 0 N–H and O–H groups in total. The number of rotatable bonds is 1. The van der Waals surface area contributed by atoms with Crippen molar-refractivity contribution in [3.63, 3.8) is 0 Å². The van der Waals surface area contributed by atoms with Crippen molar-refractivity contribution in [2.75, 3.05) is 33.2 Å². The second kappa shape index (κ2) is 3.94. The van der Waals surface area contributed by atoms with Crippen LogP contribution in [0, 0.1) is 0 Å². The Morgan fingerprint density at radius 1 is 1.12 bits per heavy atom. The molecule has 2 aliphatic rings. The first-order valence-corrected chi connectivity index (χ1v) is 5.99. The molecule has 3 heterocycles. The third-order valence-electron chi connectivity index (χ3n) is 3.46. The summed E-state index contributed by atoms with van der Waals surface area (Å²) in [5.41, 5.74) is 2.56. The lowest BCUT2D eigenvalue weighted by atomic mass is 10.2. The highest BCUT2D eigenvalue weighted by molar-refractivity contribution is 6.00. The van der Waals surface area contributed by atoms with Crippen LogP contribution in [0.15, 0.2) is 23.4 Å². The molecule has 0 bridgehead atoms. The molecule has 0 spiro atoms. The average Bonchev–Trinajstić information content (AvgIpc) is 2.86. The monoisotopic (exact) mass is 218 g/mol. The molecular formula is C12H18N4. The Labute approximate surface area is 96.1 Å². The molecule has 4 nitrogen and oxygen atoms in total. The molecule has 0 unspecified atom stereocenters. The Balaban J connectivity index is 1.74. The van der Waals surface area contributed by atoms with E-state index in [4.69, 9.17) is 5.10 Å².